The van der Waals surface area contributed by atoms with E-state index >= 15 is 0 Å². The van der Waals surface area contributed by atoms with Crippen molar-refractivity contribution >= 4 is 7.82 Å². The van der Waals surface area contributed by atoms with Crippen LogP contribution in [-0.2, 0) is 4.57 Å². The summed E-state index contributed by atoms with van der Waals surface area (Å²) in [7, 11) is -4.32. The Morgan fingerprint density at radius 1 is 0.586 bits per heavy atom. The van der Waals surface area contributed by atoms with Gasteiger partial charge in [-0.15, -0.1) is 0 Å². The molecule has 0 bridgehead atoms. The molecule has 0 spiro atoms. The number of benzene rings is 3. The van der Waals surface area contributed by atoms with Gasteiger partial charge in [-0.3, -0.25) is 0 Å². The first kappa shape index (κ1) is 20.4. The molecule has 0 radical (unpaired) electrons. The fraction of sp³-hybridized carbons (Fsp3) is 0.143. The highest BCUT2D eigenvalue weighted by Gasteiger charge is 2.34. The van der Waals surface area contributed by atoms with E-state index in [4.69, 9.17) is 13.6 Å². The first-order valence-electron chi connectivity index (χ1n) is 8.73. The molecular formula is C21H21O7P. The van der Waals surface area contributed by atoms with Crippen molar-refractivity contribution in [3.63, 3.8) is 0 Å². The molecule has 0 fully saturated rings. The summed E-state index contributed by atoms with van der Waals surface area (Å²) in [6.45, 7) is 5.11. The first-order chi connectivity index (χ1) is 13.6. The third-order valence-electron chi connectivity index (χ3n) is 4.19. The monoisotopic (exact) mass is 416 g/mol. The number of hydrogen-bond donors (Lipinski definition) is 3. The van der Waals surface area contributed by atoms with Crippen LogP contribution in [0, 0.1) is 20.8 Å². The maximum absolute atomic E-state index is 13.4. The van der Waals surface area contributed by atoms with Crippen molar-refractivity contribution in [1.29, 1.82) is 0 Å². The molecule has 3 rings (SSSR count). The maximum atomic E-state index is 13.4. The molecule has 7 nitrogen and oxygen atoms in total. The van der Waals surface area contributed by atoms with Gasteiger partial charge in [0, 0.05) is 18.2 Å². The Labute approximate surface area is 168 Å². The highest BCUT2D eigenvalue weighted by Crippen LogP contribution is 2.51. The van der Waals surface area contributed by atoms with Gasteiger partial charge in [-0.2, -0.15) is 4.57 Å². The van der Waals surface area contributed by atoms with Crippen molar-refractivity contribution in [1.82, 2.24) is 0 Å². The van der Waals surface area contributed by atoms with Crippen LogP contribution in [0.4, 0.5) is 0 Å². The molecule has 0 aromatic heterocycles. The second-order valence-corrected chi connectivity index (χ2v) is 8.01. The van der Waals surface area contributed by atoms with Gasteiger partial charge in [-0.05, 0) is 55.7 Å². The van der Waals surface area contributed by atoms with Gasteiger partial charge in [0.25, 0.3) is 0 Å². The van der Waals surface area contributed by atoms with E-state index in [1.54, 1.807) is 39.0 Å². The fourth-order valence-electron chi connectivity index (χ4n) is 2.38. The first-order valence-corrected chi connectivity index (χ1v) is 10.2. The lowest BCUT2D eigenvalue weighted by Crippen LogP contribution is -2.07. The van der Waals surface area contributed by atoms with Gasteiger partial charge >= 0.3 is 7.82 Å². The summed E-state index contributed by atoms with van der Waals surface area (Å²) >= 11 is 0. The quantitative estimate of drug-likeness (QED) is 0.464. The van der Waals surface area contributed by atoms with Gasteiger partial charge < -0.3 is 28.9 Å². The third-order valence-corrected chi connectivity index (χ3v) is 5.50. The fourth-order valence-corrected chi connectivity index (χ4v) is 3.61. The molecule has 0 aliphatic heterocycles. The second-order valence-electron chi connectivity index (χ2n) is 6.57. The van der Waals surface area contributed by atoms with Crippen LogP contribution in [0.2, 0.25) is 0 Å². The van der Waals surface area contributed by atoms with E-state index in [0.29, 0.717) is 16.7 Å². The molecule has 3 N–H and O–H groups in total. The number of phosphoric acid groups is 1. The number of aryl methyl sites for hydroxylation is 3. The minimum atomic E-state index is -4.32. The van der Waals surface area contributed by atoms with Crippen LogP contribution in [0.3, 0.4) is 0 Å². The van der Waals surface area contributed by atoms with Crippen LogP contribution in [0.25, 0.3) is 0 Å². The van der Waals surface area contributed by atoms with Crippen molar-refractivity contribution in [3.8, 4) is 34.5 Å². The number of phosphoric ester groups is 1. The Balaban J connectivity index is 1.96. The molecule has 3 aromatic carbocycles. The van der Waals surface area contributed by atoms with Crippen LogP contribution in [-0.4, -0.2) is 15.3 Å². The minimum Gasteiger partial charge on any atom is -0.508 e. The Morgan fingerprint density at radius 2 is 0.862 bits per heavy atom. The molecule has 152 valence electrons. The Bertz CT molecular complexity index is 958. The zero-order valence-electron chi connectivity index (χ0n) is 16.1. The molecule has 0 saturated heterocycles. The lowest BCUT2D eigenvalue weighted by molar-refractivity contribution is 0.297. The maximum Gasteiger partial charge on any atom is 0.647 e. The van der Waals surface area contributed by atoms with E-state index in [1.807, 2.05) is 0 Å². The highest BCUT2D eigenvalue weighted by atomic mass is 31.2. The largest absolute Gasteiger partial charge is 0.647 e. The smallest absolute Gasteiger partial charge is 0.508 e. The molecule has 0 unspecified atom stereocenters. The Hall–Kier alpha value is -3.31. The van der Waals surface area contributed by atoms with Gasteiger partial charge in [0.2, 0.25) is 0 Å². The van der Waals surface area contributed by atoms with Crippen LogP contribution >= 0.6 is 7.82 Å². The summed E-state index contributed by atoms with van der Waals surface area (Å²) in [6.07, 6.45) is 0. The summed E-state index contributed by atoms with van der Waals surface area (Å²) in [5.74, 6) is 0.0392. The summed E-state index contributed by atoms with van der Waals surface area (Å²) < 4.78 is 29.8. The molecule has 8 heteroatoms. The number of hydrogen-bond acceptors (Lipinski definition) is 7. The highest BCUT2D eigenvalue weighted by molar-refractivity contribution is 7.49. The topological polar surface area (TPSA) is 105 Å². The van der Waals surface area contributed by atoms with Gasteiger partial charge in [0.1, 0.15) is 34.5 Å². The molecule has 0 aliphatic carbocycles. The molecule has 0 amide bonds. The molecular weight excluding hydrogens is 395 g/mol. The Kier molecular flexibility index (Phi) is 5.62. The van der Waals surface area contributed by atoms with Crippen molar-refractivity contribution in [2.75, 3.05) is 0 Å². The summed E-state index contributed by atoms with van der Waals surface area (Å²) in [5.41, 5.74) is 1.84. The second kappa shape index (κ2) is 7.97. The average molecular weight is 416 g/mol. The third kappa shape index (κ3) is 4.95. The lowest BCUT2D eigenvalue weighted by atomic mass is 10.2. The summed E-state index contributed by atoms with van der Waals surface area (Å²) in [5, 5.41) is 29.7. The molecule has 0 atom stereocenters. The predicted molar refractivity (Wildman–Crippen MR) is 108 cm³/mol. The molecule has 0 heterocycles. The van der Waals surface area contributed by atoms with Crippen molar-refractivity contribution in [2.45, 2.75) is 20.8 Å². The van der Waals surface area contributed by atoms with E-state index in [1.165, 1.54) is 36.4 Å². The van der Waals surface area contributed by atoms with Gasteiger partial charge in [-0.25, -0.2) is 0 Å². The summed E-state index contributed by atoms with van der Waals surface area (Å²) in [6, 6.07) is 13.1. The van der Waals surface area contributed by atoms with E-state index in [2.05, 4.69) is 0 Å². The predicted octanol–water partition coefficient (Wildman–Crippen LogP) is 5.37. The van der Waals surface area contributed by atoms with Gasteiger partial charge in [0.15, 0.2) is 0 Å². The van der Waals surface area contributed by atoms with Gasteiger partial charge in [0.05, 0.1) is 0 Å². The molecule has 0 saturated carbocycles. The number of phenols is 3. The standard InChI is InChI=1S/C21H21O7P/c1-13-4-7-16(10-19(13)22)26-29(25,27-17-8-5-14(2)20(23)11-17)28-18-9-6-15(3)21(24)12-18/h4-12,22-24H,1-3H3. The zero-order valence-corrected chi connectivity index (χ0v) is 17.0. The van der Waals surface area contributed by atoms with E-state index in [0.717, 1.165) is 0 Å². The van der Waals surface area contributed by atoms with Crippen molar-refractivity contribution in [2.24, 2.45) is 0 Å². The van der Waals surface area contributed by atoms with Crippen LogP contribution in [0.5, 0.6) is 34.5 Å². The number of phenolic OH excluding ortho intramolecular Hbond substituents is 3. The van der Waals surface area contributed by atoms with E-state index in [-0.39, 0.29) is 34.5 Å². The zero-order chi connectivity index (χ0) is 21.2. The number of rotatable bonds is 6. The minimum absolute atomic E-state index is 0.0463. The SMILES string of the molecule is Cc1ccc(OP(=O)(Oc2ccc(C)c(O)c2)Oc2ccc(C)c(O)c2)cc1O. The normalized spacial score (nSPS) is 11.1. The molecule has 29 heavy (non-hydrogen) atoms. The summed E-state index contributed by atoms with van der Waals surface area (Å²) in [4.78, 5) is 0. The van der Waals surface area contributed by atoms with Gasteiger partial charge in [-0.1, -0.05) is 18.2 Å². The van der Waals surface area contributed by atoms with Crippen LogP contribution in [0.1, 0.15) is 16.7 Å². The average Bonchev–Trinajstić information content (AvgIpc) is 2.64. The van der Waals surface area contributed by atoms with Crippen LogP contribution < -0.4 is 13.6 Å². The lowest BCUT2D eigenvalue weighted by Gasteiger charge is -2.20. The van der Waals surface area contributed by atoms with E-state index in [9.17, 15) is 19.9 Å². The molecule has 0 aliphatic rings. The van der Waals surface area contributed by atoms with Crippen molar-refractivity contribution in [3.05, 3.63) is 71.3 Å². The Morgan fingerprint density at radius 3 is 1.10 bits per heavy atom. The van der Waals surface area contributed by atoms with Crippen LogP contribution in [0.15, 0.2) is 54.6 Å². The molecule has 3 aromatic rings. The van der Waals surface area contributed by atoms with Crippen molar-refractivity contribution < 1.29 is 33.5 Å². The number of aromatic hydroxyl groups is 3. The van der Waals surface area contributed by atoms with E-state index < -0.39 is 7.82 Å².